The van der Waals surface area contributed by atoms with E-state index in [2.05, 4.69) is 5.32 Å². The number of nitrogens with zero attached hydrogens (tertiary/aromatic N) is 2. The molecule has 0 saturated carbocycles. The minimum atomic E-state index is -3.62. The van der Waals surface area contributed by atoms with E-state index in [4.69, 9.17) is 4.74 Å². The maximum atomic E-state index is 13.0. The van der Waals surface area contributed by atoms with Crippen LogP contribution in [0.25, 0.3) is 0 Å². The Kier molecular flexibility index (Phi) is 6.97. The molecule has 8 nitrogen and oxygen atoms in total. The molecule has 166 valence electrons. The predicted octanol–water partition coefficient (Wildman–Crippen LogP) is 1.57. The molecule has 3 rings (SSSR count). The van der Waals surface area contributed by atoms with Crippen LogP contribution in [0.3, 0.4) is 0 Å². The smallest absolute Gasteiger partial charge is 0.251 e. The summed E-state index contributed by atoms with van der Waals surface area (Å²) >= 11 is 0. The van der Waals surface area contributed by atoms with Gasteiger partial charge in [-0.25, -0.2) is 8.42 Å². The van der Waals surface area contributed by atoms with E-state index in [1.165, 1.54) is 4.31 Å². The number of piperazine rings is 1. The van der Waals surface area contributed by atoms with Crippen molar-refractivity contribution in [3.05, 3.63) is 59.2 Å². The molecule has 0 radical (unpaired) electrons. The lowest BCUT2D eigenvalue weighted by atomic mass is 10.2. The molecular weight excluding hydrogens is 418 g/mol. The van der Waals surface area contributed by atoms with E-state index in [1.54, 1.807) is 55.3 Å². The van der Waals surface area contributed by atoms with E-state index in [-0.39, 0.29) is 44.5 Å². The normalized spacial score (nSPS) is 14.9. The van der Waals surface area contributed by atoms with Crippen LogP contribution >= 0.6 is 0 Å². The lowest BCUT2D eigenvalue weighted by Gasteiger charge is -2.34. The molecule has 0 bridgehead atoms. The highest BCUT2D eigenvalue weighted by Crippen LogP contribution is 2.22. The van der Waals surface area contributed by atoms with Crippen LogP contribution in [0.2, 0.25) is 0 Å². The average Bonchev–Trinajstić information content (AvgIpc) is 2.78. The van der Waals surface area contributed by atoms with Crippen LogP contribution in [0.1, 0.15) is 21.5 Å². The fraction of sp³-hybridized carbons (Fsp3) is 0.364. The lowest BCUT2D eigenvalue weighted by Crippen LogP contribution is -2.52. The van der Waals surface area contributed by atoms with Gasteiger partial charge in [-0.2, -0.15) is 4.31 Å². The molecule has 1 fully saturated rings. The van der Waals surface area contributed by atoms with Gasteiger partial charge in [0.25, 0.3) is 5.91 Å². The molecule has 1 aliphatic heterocycles. The largest absolute Gasteiger partial charge is 0.497 e. The summed E-state index contributed by atoms with van der Waals surface area (Å²) in [5.74, 6) is 0.0408. The lowest BCUT2D eigenvalue weighted by molar-refractivity contribution is -0.131. The summed E-state index contributed by atoms with van der Waals surface area (Å²) in [5.41, 5.74) is 2.01. The summed E-state index contributed by atoms with van der Waals surface area (Å²) < 4.78 is 32.5. The highest BCUT2D eigenvalue weighted by Gasteiger charge is 2.31. The van der Waals surface area contributed by atoms with Crippen molar-refractivity contribution >= 4 is 21.8 Å². The van der Waals surface area contributed by atoms with E-state index >= 15 is 0 Å². The van der Waals surface area contributed by atoms with E-state index in [1.807, 2.05) is 13.0 Å². The van der Waals surface area contributed by atoms with Crippen LogP contribution < -0.4 is 10.1 Å². The number of benzene rings is 2. The Morgan fingerprint density at radius 1 is 1.00 bits per heavy atom. The maximum absolute atomic E-state index is 13.0. The van der Waals surface area contributed by atoms with Gasteiger partial charge in [-0.05, 0) is 55.3 Å². The van der Waals surface area contributed by atoms with Crippen LogP contribution in [0, 0.1) is 13.8 Å². The topological polar surface area (TPSA) is 96.0 Å². The molecule has 0 aromatic heterocycles. The van der Waals surface area contributed by atoms with Gasteiger partial charge in [-0.1, -0.05) is 12.1 Å². The Bertz CT molecular complexity index is 1060. The number of sulfonamides is 1. The van der Waals surface area contributed by atoms with E-state index in [9.17, 15) is 18.0 Å². The number of methoxy groups -OCH3 is 1. The van der Waals surface area contributed by atoms with Crippen molar-refractivity contribution in [3.63, 3.8) is 0 Å². The maximum Gasteiger partial charge on any atom is 0.251 e. The van der Waals surface area contributed by atoms with E-state index < -0.39 is 10.0 Å². The minimum absolute atomic E-state index is 0.144. The van der Waals surface area contributed by atoms with Crippen LogP contribution in [0.4, 0.5) is 0 Å². The van der Waals surface area contributed by atoms with Crippen LogP contribution in [0.15, 0.2) is 47.4 Å². The van der Waals surface area contributed by atoms with Crippen LogP contribution in [0.5, 0.6) is 5.75 Å². The molecule has 2 aromatic rings. The van der Waals surface area contributed by atoms with Crippen molar-refractivity contribution in [1.82, 2.24) is 14.5 Å². The zero-order chi connectivity index (χ0) is 22.6. The fourth-order valence-corrected chi connectivity index (χ4v) is 5.15. The first-order chi connectivity index (χ1) is 14.7. The Morgan fingerprint density at radius 3 is 2.26 bits per heavy atom. The van der Waals surface area contributed by atoms with Gasteiger partial charge >= 0.3 is 0 Å². The Hall–Kier alpha value is -2.91. The molecule has 0 unspecified atom stereocenters. The number of hydrogen-bond acceptors (Lipinski definition) is 5. The van der Waals surface area contributed by atoms with Crippen LogP contribution in [-0.4, -0.2) is 69.3 Å². The highest BCUT2D eigenvalue weighted by atomic mass is 32.2. The van der Waals surface area contributed by atoms with E-state index in [0.717, 1.165) is 5.56 Å². The van der Waals surface area contributed by atoms with Crippen LogP contribution in [-0.2, 0) is 14.8 Å². The molecule has 31 heavy (non-hydrogen) atoms. The average molecular weight is 446 g/mol. The van der Waals surface area contributed by atoms with Gasteiger partial charge in [0, 0.05) is 31.7 Å². The monoisotopic (exact) mass is 445 g/mol. The summed E-state index contributed by atoms with van der Waals surface area (Å²) in [6.45, 7) is 4.48. The minimum Gasteiger partial charge on any atom is -0.497 e. The number of aryl methyl sites for hydroxylation is 2. The molecule has 0 aliphatic carbocycles. The number of nitrogens with one attached hydrogen (secondary N) is 1. The van der Waals surface area contributed by atoms with Crippen molar-refractivity contribution in [3.8, 4) is 5.75 Å². The van der Waals surface area contributed by atoms with Gasteiger partial charge in [-0.15, -0.1) is 0 Å². The number of rotatable bonds is 6. The van der Waals surface area contributed by atoms with Gasteiger partial charge < -0.3 is 15.0 Å². The molecule has 0 atom stereocenters. The molecule has 0 spiro atoms. The Morgan fingerprint density at radius 2 is 1.65 bits per heavy atom. The van der Waals surface area contributed by atoms with Crippen molar-refractivity contribution in [2.24, 2.45) is 0 Å². The number of carbonyl (C=O) groups is 2. The number of hydrogen-bond donors (Lipinski definition) is 1. The highest BCUT2D eigenvalue weighted by molar-refractivity contribution is 7.89. The Labute approximate surface area is 182 Å². The van der Waals surface area contributed by atoms with E-state index in [0.29, 0.717) is 21.8 Å². The van der Waals surface area contributed by atoms with Gasteiger partial charge in [0.15, 0.2) is 0 Å². The molecule has 2 amide bonds. The molecule has 1 aliphatic rings. The first-order valence-corrected chi connectivity index (χ1v) is 11.4. The quantitative estimate of drug-likeness (QED) is 0.728. The van der Waals surface area contributed by atoms with Gasteiger partial charge in [0.1, 0.15) is 5.75 Å². The standard InChI is InChI=1S/C22H27N3O5S/c1-16-4-5-17(2)20(14-16)31(28,29)25-12-10-24(11-13-25)21(26)15-23-22(27)18-6-8-19(30-3)9-7-18/h4-9,14H,10-13,15H2,1-3H3,(H,23,27). The summed E-state index contributed by atoms with van der Waals surface area (Å²) in [7, 11) is -2.07. The summed E-state index contributed by atoms with van der Waals surface area (Å²) in [6.07, 6.45) is 0. The first kappa shape index (κ1) is 22.8. The summed E-state index contributed by atoms with van der Waals surface area (Å²) in [6, 6.07) is 11.9. The second-order valence-corrected chi connectivity index (χ2v) is 9.37. The number of amides is 2. The fourth-order valence-electron chi connectivity index (χ4n) is 3.41. The SMILES string of the molecule is COc1ccc(C(=O)NCC(=O)N2CCN(S(=O)(=O)c3cc(C)ccc3C)CC2)cc1. The number of carbonyl (C=O) groups excluding carboxylic acids is 2. The third-order valence-electron chi connectivity index (χ3n) is 5.31. The number of ether oxygens (including phenoxy) is 1. The Balaban J connectivity index is 1.54. The summed E-state index contributed by atoms with van der Waals surface area (Å²) in [5, 5.41) is 2.61. The molecule has 1 N–H and O–H groups in total. The van der Waals surface area contributed by atoms with Crippen molar-refractivity contribution in [2.75, 3.05) is 39.8 Å². The zero-order valence-corrected chi connectivity index (χ0v) is 18.7. The molecule has 1 saturated heterocycles. The molecular formula is C22H27N3O5S. The van der Waals surface area contributed by atoms with Crippen molar-refractivity contribution in [2.45, 2.75) is 18.7 Å². The summed E-state index contributed by atoms with van der Waals surface area (Å²) in [4.78, 5) is 26.6. The van der Waals surface area contributed by atoms with Gasteiger partial charge in [-0.3, -0.25) is 9.59 Å². The van der Waals surface area contributed by atoms with Gasteiger partial charge in [0.05, 0.1) is 18.6 Å². The third-order valence-corrected chi connectivity index (χ3v) is 7.35. The van der Waals surface area contributed by atoms with Crippen molar-refractivity contribution < 1.29 is 22.7 Å². The first-order valence-electron chi connectivity index (χ1n) is 10.00. The second kappa shape index (κ2) is 9.49. The third kappa shape index (κ3) is 5.23. The van der Waals surface area contributed by atoms with Crippen molar-refractivity contribution in [1.29, 1.82) is 0 Å². The zero-order valence-electron chi connectivity index (χ0n) is 17.9. The van der Waals surface area contributed by atoms with Gasteiger partial charge in [0.2, 0.25) is 15.9 Å². The second-order valence-electron chi connectivity index (χ2n) is 7.47. The molecule has 9 heteroatoms. The predicted molar refractivity (Wildman–Crippen MR) is 117 cm³/mol. The molecule has 1 heterocycles. The molecule has 2 aromatic carbocycles.